The van der Waals surface area contributed by atoms with Gasteiger partial charge >= 0.3 is 0 Å². The van der Waals surface area contributed by atoms with E-state index >= 15 is 0 Å². The van der Waals surface area contributed by atoms with E-state index in [0.29, 0.717) is 12.3 Å². The maximum absolute atomic E-state index is 12.0. The summed E-state index contributed by atoms with van der Waals surface area (Å²) in [4.78, 5) is 13.8. The van der Waals surface area contributed by atoms with Gasteiger partial charge in [-0.3, -0.25) is 4.79 Å². The SMILES string of the molecule is CN(/C=C(/C#N)C(=O)NCc1ccco1)Cc1ccccc1. The zero-order valence-electron chi connectivity index (χ0n) is 12.3. The highest BCUT2D eigenvalue weighted by atomic mass is 16.3. The topological polar surface area (TPSA) is 69.3 Å². The summed E-state index contributed by atoms with van der Waals surface area (Å²) >= 11 is 0. The fourth-order valence-electron chi connectivity index (χ4n) is 1.95. The molecule has 0 saturated heterocycles. The van der Waals surface area contributed by atoms with Crippen molar-refractivity contribution >= 4 is 5.91 Å². The van der Waals surface area contributed by atoms with E-state index < -0.39 is 5.91 Å². The smallest absolute Gasteiger partial charge is 0.263 e. The number of carbonyl (C=O) groups excluding carboxylic acids is 1. The van der Waals surface area contributed by atoms with Crippen LogP contribution in [0.1, 0.15) is 11.3 Å². The molecule has 2 aromatic rings. The molecule has 0 fully saturated rings. The minimum absolute atomic E-state index is 0.0602. The number of carbonyl (C=O) groups is 1. The minimum atomic E-state index is -0.418. The number of nitriles is 1. The fourth-order valence-corrected chi connectivity index (χ4v) is 1.95. The van der Waals surface area contributed by atoms with E-state index in [2.05, 4.69) is 5.32 Å². The van der Waals surface area contributed by atoms with Gasteiger partial charge in [-0.2, -0.15) is 5.26 Å². The largest absolute Gasteiger partial charge is 0.467 e. The number of benzene rings is 1. The molecule has 0 aliphatic carbocycles. The van der Waals surface area contributed by atoms with Crippen LogP contribution in [-0.4, -0.2) is 17.9 Å². The van der Waals surface area contributed by atoms with Crippen LogP contribution in [0.3, 0.4) is 0 Å². The van der Waals surface area contributed by atoms with Crippen LogP contribution in [0.25, 0.3) is 0 Å². The summed E-state index contributed by atoms with van der Waals surface area (Å²) in [7, 11) is 1.82. The van der Waals surface area contributed by atoms with E-state index in [1.807, 2.05) is 43.4 Å². The third kappa shape index (κ3) is 4.53. The second kappa shape index (κ2) is 7.70. The van der Waals surface area contributed by atoms with Crippen molar-refractivity contribution in [3.8, 4) is 6.07 Å². The number of hydrogen-bond donors (Lipinski definition) is 1. The molecule has 1 amide bonds. The van der Waals surface area contributed by atoms with Crippen molar-refractivity contribution in [2.45, 2.75) is 13.1 Å². The Morgan fingerprint density at radius 1 is 1.32 bits per heavy atom. The molecule has 2 rings (SSSR count). The molecule has 5 nitrogen and oxygen atoms in total. The first-order valence-electron chi connectivity index (χ1n) is 6.85. The average molecular weight is 295 g/mol. The van der Waals surface area contributed by atoms with Crippen molar-refractivity contribution in [1.29, 1.82) is 5.26 Å². The lowest BCUT2D eigenvalue weighted by atomic mass is 10.2. The average Bonchev–Trinajstić information content (AvgIpc) is 3.04. The number of amides is 1. The van der Waals surface area contributed by atoms with Crippen LogP contribution in [0, 0.1) is 11.3 Å². The van der Waals surface area contributed by atoms with Crippen LogP contribution >= 0.6 is 0 Å². The van der Waals surface area contributed by atoms with Gasteiger partial charge in [-0.05, 0) is 17.7 Å². The van der Waals surface area contributed by atoms with E-state index in [1.54, 1.807) is 23.2 Å². The van der Waals surface area contributed by atoms with Crippen molar-refractivity contribution < 1.29 is 9.21 Å². The quantitative estimate of drug-likeness (QED) is 0.656. The highest BCUT2D eigenvalue weighted by Gasteiger charge is 2.10. The first-order chi connectivity index (χ1) is 10.7. The van der Waals surface area contributed by atoms with Crippen molar-refractivity contribution in [1.82, 2.24) is 10.2 Å². The Labute approximate surface area is 129 Å². The molecule has 0 aliphatic rings. The molecule has 1 aromatic carbocycles. The Morgan fingerprint density at radius 2 is 2.09 bits per heavy atom. The van der Waals surface area contributed by atoms with Gasteiger partial charge < -0.3 is 14.6 Å². The van der Waals surface area contributed by atoms with E-state index in [-0.39, 0.29) is 12.1 Å². The molecule has 0 spiro atoms. The van der Waals surface area contributed by atoms with Crippen LogP contribution in [0.15, 0.2) is 64.9 Å². The highest BCUT2D eigenvalue weighted by molar-refractivity contribution is 5.97. The predicted octanol–water partition coefficient (Wildman–Crippen LogP) is 2.44. The van der Waals surface area contributed by atoms with Crippen molar-refractivity contribution in [2.75, 3.05) is 7.05 Å². The summed E-state index contributed by atoms with van der Waals surface area (Å²) in [6.07, 6.45) is 3.08. The first-order valence-corrected chi connectivity index (χ1v) is 6.85. The van der Waals surface area contributed by atoms with Gasteiger partial charge in [0.15, 0.2) is 0 Å². The lowest BCUT2D eigenvalue weighted by Crippen LogP contribution is -2.25. The Morgan fingerprint density at radius 3 is 2.73 bits per heavy atom. The van der Waals surface area contributed by atoms with Crippen molar-refractivity contribution in [2.24, 2.45) is 0 Å². The fraction of sp³-hybridized carbons (Fsp3) is 0.176. The minimum Gasteiger partial charge on any atom is -0.467 e. The van der Waals surface area contributed by atoms with Gasteiger partial charge in [0, 0.05) is 19.8 Å². The summed E-state index contributed by atoms with van der Waals surface area (Å²) < 4.78 is 5.13. The van der Waals surface area contributed by atoms with E-state index in [1.165, 1.54) is 6.26 Å². The number of hydrogen-bond acceptors (Lipinski definition) is 4. The maximum atomic E-state index is 12.0. The molecule has 1 aromatic heterocycles. The molecule has 0 unspecified atom stereocenters. The lowest BCUT2D eigenvalue weighted by Gasteiger charge is -2.14. The molecule has 0 radical (unpaired) electrons. The normalized spacial score (nSPS) is 10.8. The van der Waals surface area contributed by atoms with Crippen LogP contribution in [0.4, 0.5) is 0 Å². The maximum Gasteiger partial charge on any atom is 0.263 e. The van der Waals surface area contributed by atoms with Gasteiger partial charge in [0.25, 0.3) is 5.91 Å². The van der Waals surface area contributed by atoms with Crippen LogP contribution in [0.5, 0.6) is 0 Å². The highest BCUT2D eigenvalue weighted by Crippen LogP contribution is 2.05. The number of nitrogens with one attached hydrogen (secondary N) is 1. The summed E-state index contributed by atoms with van der Waals surface area (Å²) in [5.74, 6) is 0.224. The molecule has 0 bridgehead atoms. The Kier molecular flexibility index (Phi) is 5.38. The zero-order chi connectivity index (χ0) is 15.8. The molecule has 5 heteroatoms. The zero-order valence-corrected chi connectivity index (χ0v) is 12.3. The van der Waals surface area contributed by atoms with Gasteiger partial charge in [-0.1, -0.05) is 30.3 Å². The Bertz CT molecular complexity index is 670. The molecule has 1 heterocycles. The van der Waals surface area contributed by atoms with E-state index in [9.17, 15) is 4.79 Å². The van der Waals surface area contributed by atoms with Crippen LogP contribution in [-0.2, 0) is 17.9 Å². The lowest BCUT2D eigenvalue weighted by molar-refractivity contribution is -0.117. The second-order valence-electron chi connectivity index (χ2n) is 4.82. The number of nitrogens with zero attached hydrogens (tertiary/aromatic N) is 2. The molecule has 112 valence electrons. The van der Waals surface area contributed by atoms with Crippen molar-refractivity contribution in [3.05, 3.63) is 71.8 Å². The number of furan rings is 1. The molecule has 1 N–H and O–H groups in total. The Hall–Kier alpha value is -3.00. The third-order valence-electron chi connectivity index (χ3n) is 2.99. The summed E-state index contributed by atoms with van der Waals surface area (Å²) in [5, 5.41) is 11.8. The molecular formula is C17H17N3O2. The van der Waals surface area contributed by atoms with Crippen LogP contribution in [0.2, 0.25) is 0 Å². The molecule has 0 saturated carbocycles. The third-order valence-corrected chi connectivity index (χ3v) is 2.99. The number of rotatable bonds is 6. The summed E-state index contributed by atoms with van der Waals surface area (Å²) in [6.45, 7) is 0.880. The summed E-state index contributed by atoms with van der Waals surface area (Å²) in [6, 6.07) is 15.3. The molecule has 0 aliphatic heterocycles. The first kappa shape index (κ1) is 15.4. The van der Waals surface area contributed by atoms with Gasteiger partial charge in [0.05, 0.1) is 12.8 Å². The van der Waals surface area contributed by atoms with Gasteiger partial charge in [-0.25, -0.2) is 0 Å². The van der Waals surface area contributed by atoms with Gasteiger partial charge in [0.2, 0.25) is 0 Å². The predicted molar refractivity (Wildman–Crippen MR) is 82.2 cm³/mol. The van der Waals surface area contributed by atoms with Gasteiger partial charge in [-0.15, -0.1) is 0 Å². The van der Waals surface area contributed by atoms with Crippen molar-refractivity contribution in [3.63, 3.8) is 0 Å². The monoisotopic (exact) mass is 295 g/mol. The van der Waals surface area contributed by atoms with E-state index in [4.69, 9.17) is 9.68 Å². The Balaban J connectivity index is 1.94. The molecule has 0 atom stereocenters. The summed E-state index contributed by atoms with van der Waals surface area (Å²) in [5.41, 5.74) is 1.17. The standard InChI is InChI=1S/C17H17N3O2/c1-20(12-14-6-3-2-4-7-14)13-15(10-18)17(21)19-11-16-8-5-9-22-16/h2-9,13H,11-12H2,1H3,(H,19,21)/b15-13-. The second-order valence-corrected chi connectivity index (χ2v) is 4.82. The van der Waals surface area contributed by atoms with Gasteiger partial charge in [0.1, 0.15) is 17.4 Å². The molecular weight excluding hydrogens is 278 g/mol. The molecule has 22 heavy (non-hydrogen) atoms. The van der Waals surface area contributed by atoms with E-state index in [0.717, 1.165) is 5.56 Å². The van der Waals surface area contributed by atoms with Crippen LogP contribution < -0.4 is 5.32 Å².